The Bertz CT molecular complexity index is 1100. The van der Waals surface area contributed by atoms with E-state index in [0.717, 1.165) is 18.4 Å². The first-order chi connectivity index (χ1) is 14.7. The smallest absolute Gasteiger partial charge is 0.326 e. The summed E-state index contributed by atoms with van der Waals surface area (Å²) in [6.45, 7) is 0.492. The zero-order chi connectivity index (χ0) is 22.2. The number of nitrogens with zero attached hydrogens (tertiary/aromatic N) is 4. The van der Waals surface area contributed by atoms with E-state index < -0.39 is 11.9 Å². The number of carbonyl (C=O) groups excluding carboxylic acids is 1. The summed E-state index contributed by atoms with van der Waals surface area (Å²) >= 11 is 11.8. The average molecular weight is 472 g/mol. The summed E-state index contributed by atoms with van der Waals surface area (Å²) in [7, 11) is 0. The van der Waals surface area contributed by atoms with Gasteiger partial charge in [-0.1, -0.05) is 35.3 Å². The van der Waals surface area contributed by atoms with Gasteiger partial charge in [0.1, 0.15) is 0 Å². The summed E-state index contributed by atoms with van der Waals surface area (Å²) in [6, 6.07) is 7.22. The van der Waals surface area contributed by atoms with Crippen molar-refractivity contribution in [3.63, 3.8) is 0 Å². The van der Waals surface area contributed by atoms with Gasteiger partial charge in [-0.3, -0.25) is 14.2 Å². The maximum Gasteiger partial charge on any atom is 0.436 e. The normalized spacial score (nSPS) is 14.1. The Hall–Kier alpha value is -2.52. The first-order valence-electron chi connectivity index (χ1n) is 9.61. The Morgan fingerprint density at radius 2 is 2.03 bits per heavy atom. The molecule has 0 saturated heterocycles. The van der Waals surface area contributed by atoms with Gasteiger partial charge in [0.2, 0.25) is 5.91 Å². The van der Waals surface area contributed by atoms with Crippen LogP contribution in [0.25, 0.3) is 0 Å². The second kappa shape index (κ2) is 8.55. The Morgan fingerprint density at radius 3 is 2.68 bits per heavy atom. The fourth-order valence-corrected chi connectivity index (χ4v) is 3.89. The summed E-state index contributed by atoms with van der Waals surface area (Å²) in [6.07, 6.45) is 0.0946. The highest BCUT2D eigenvalue weighted by Crippen LogP contribution is 2.46. The zero-order valence-electron chi connectivity index (χ0n) is 16.2. The van der Waals surface area contributed by atoms with E-state index >= 15 is 0 Å². The Balaban J connectivity index is 1.40. The monoisotopic (exact) mass is 471 g/mol. The van der Waals surface area contributed by atoms with Crippen molar-refractivity contribution >= 4 is 34.8 Å². The minimum atomic E-state index is -4.63. The Labute approximate surface area is 185 Å². The molecule has 1 saturated carbocycles. The van der Waals surface area contributed by atoms with Crippen molar-refractivity contribution in [1.82, 2.24) is 19.6 Å². The number of aryl methyl sites for hydroxylation is 1. The third-order valence-corrected chi connectivity index (χ3v) is 5.44. The van der Waals surface area contributed by atoms with Gasteiger partial charge < -0.3 is 5.32 Å². The number of rotatable bonds is 7. The minimum Gasteiger partial charge on any atom is -0.326 e. The molecular weight excluding hydrogens is 454 g/mol. The second-order valence-corrected chi connectivity index (χ2v) is 8.21. The van der Waals surface area contributed by atoms with E-state index in [1.54, 1.807) is 29.1 Å². The standard InChI is InChI=1S/C20H18Cl2F3N5O/c21-14-9-26-29(11-14)10-12-2-1-3-15(8-12)27-16(31)6-7-30-18(13-4-5-13)17(22)19(28-30)20(23,24)25/h1-3,8-9,11,13H,4-7,10H2,(H,27,31). The molecule has 0 bridgehead atoms. The van der Waals surface area contributed by atoms with Gasteiger partial charge in [0, 0.05) is 24.2 Å². The van der Waals surface area contributed by atoms with Gasteiger partial charge in [0.15, 0.2) is 5.69 Å². The quantitative estimate of drug-likeness (QED) is 0.504. The number of amides is 1. The molecular formula is C20H18Cl2F3N5O. The fourth-order valence-electron chi connectivity index (χ4n) is 3.34. The number of alkyl halides is 3. The number of anilines is 1. The predicted octanol–water partition coefficient (Wildman–Crippen LogP) is 5.36. The molecule has 4 rings (SSSR count). The predicted molar refractivity (Wildman–Crippen MR) is 110 cm³/mol. The molecule has 1 N–H and O–H groups in total. The van der Waals surface area contributed by atoms with Crippen molar-refractivity contribution in [2.45, 2.75) is 44.4 Å². The van der Waals surface area contributed by atoms with Crippen LogP contribution in [0.2, 0.25) is 10.0 Å². The lowest BCUT2D eigenvalue weighted by Gasteiger charge is -2.09. The molecule has 2 heterocycles. The van der Waals surface area contributed by atoms with Gasteiger partial charge in [-0.15, -0.1) is 0 Å². The van der Waals surface area contributed by atoms with Crippen molar-refractivity contribution in [2.75, 3.05) is 5.32 Å². The van der Waals surface area contributed by atoms with E-state index in [2.05, 4.69) is 15.5 Å². The molecule has 11 heteroatoms. The number of halogens is 5. The average Bonchev–Trinajstić information content (AvgIpc) is 3.35. The van der Waals surface area contributed by atoms with Crippen LogP contribution in [0.1, 0.15) is 42.1 Å². The molecule has 6 nitrogen and oxygen atoms in total. The summed E-state index contributed by atoms with van der Waals surface area (Å²) in [5, 5.41) is 10.7. The number of benzene rings is 1. The third-order valence-electron chi connectivity index (χ3n) is 4.87. The molecule has 0 spiro atoms. The summed E-state index contributed by atoms with van der Waals surface area (Å²) in [5.41, 5.74) is 0.754. The molecule has 1 aliphatic rings. The first kappa shape index (κ1) is 21.7. The molecule has 1 aromatic carbocycles. The van der Waals surface area contributed by atoms with Crippen LogP contribution in [0.15, 0.2) is 36.7 Å². The van der Waals surface area contributed by atoms with E-state index in [0.29, 0.717) is 22.9 Å². The molecule has 3 aromatic rings. The van der Waals surface area contributed by atoms with Gasteiger partial charge in [0.05, 0.1) is 35.0 Å². The molecule has 1 aliphatic carbocycles. The van der Waals surface area contributed by atoms with Gasteiger partial charge >= 0.3 is 6.18 Å². The van der Waals surface area contributed by atoms with Crippen LogP contribution in [-0.2, 0) is 24.1 Å². The van der Waals surface area contributed by atoms with Gasteiger partial charge in [-0.05, 0) is 30.5 Å². The van der Waals surface area contributed by atoms with E-state index in [-0.39, 0.29) is 29.8 Å². The third kappa shape index (κ3) is 5.22. The fraction of sp³-hybridized carbons (Fsp3) is 0.350. The first-order valence-corrected chi connectivity index (χ1v) is 10.4. The van der Waals surface area contributed by atoms with Crippen LogP contribution in [0, 0.1) is 0 Å². The molecule has 164 valence electrons. The maximum absolute atomic E-state index is 13.2. The van der Waals surface area contributed by atoms with Crippen LogP contribution in [0.4, 0.5) is 18.9 Å². The number of carbonyl (C=O) groups is 1. The van der Waals surface area contributed by atoms with E-state index in [4.69, 9.17) is 23.2 Å². The largest absolute Gasteiger partial charge is 0.436 e. The van der Waals surface area contributed by atoms with E-state index in [1.165, 1.54) is 10.9 Å². The molecule has 1 amide bonds. The highest BCUT2D eigenvalue weighted by atomic mass is 35.5. The zero-order valence-corrected chi connectivity index (χ0v) is 17.7. The van der Waals surface area contributed by atoms with Crippen molar-refractivity contribution in [3.05, 3.63) is 63.7 Å². The second-order valence-electron chi connectivity index (χ2n) is 7.40. The molecule has 0 atom stereocenters. The van der Waals surface area contributed by atoms with Gasteiger partial charge in [-0.25, -0.2) is 0 Å². The van der Waals surface area contributed by atoms with Crippen LogP contribution in [0.3, 0.4) is 0 Å². The summed E-state index contributed by atoms with van der Waals surface area (Å²) in [5.74, 6) is -0.368. The van der Waals surface area contributed by atoms with Gasteiger partial charge in [-0.2, -0.15) is 23.4 Å². The van der Waals surface area contributed by atoms with Crippen LogP contribution >= 0.6 is 23.2 Å². The Morgan fingerprint density at radius 1 is 1.26 bits per heavy atom. The molecule has 1 fully saturated rings. The van der Waals surface area contributed by atoms with Crippen molar-refractivity contribution < 1.29 is 18.0 Å². The maximum atomic E-state index is 13.2. The lowest BCUT2D eigenvalue weighted by Crippen LogP contribution is -2.16. The number of nitrogens with one attached hydrogen (secondary N) is 1. The van der Waals surface area contributed by atoms with Crippen molar-refractivity contribution in [3.8, 4) is 0 Å². The summed E-state index contributed by atoms with van der Waals surface area (Å²) < 4.78 is 42.4. The topological polar surface area (TPSA) is 64.7 Å². The molecule has 0 unspecified atom stereocenters. The van der Waals surface area contributed by atoms with Gasteiger partial charge in [0.25, 0.3) is 0 Å². The lowest BCUT2D eigenvalue weighted by molar-refractivity contribution is -0.141. The molecule has 0 aliphatic heterocycles. The lowest BCUT2D eigenvalue weighted by atomic mass is 10.2. The van der Waals surface area contributed by atoms with Crippen LogP contribution < -0.4 is 5.32 Å². The van der Waals surface area contributed by atoms with Crippen LogP contribution in [0.5, 0.6) is 0 Å². The number of hydrogen-bond acceptors (Lipinski definition) is 3. The number of hydrogen-bond donors (Lipinski definition) is 1. The number of aromatic nitrogens is 4. The minimum absolute atomic E-state index is 0.0128. The molecule has 2 aromatic heterocycles. The van der Waals surface area contributed by atoms with Crippen molar-refractivity contribution in [2.24, 2.45) is 0 Å². The Kier molecular flexibility index (Phi) is 5.98. The van der Waals surface area contributed by atoms with E-state index in [9.17, 15) is 18.0 Å². The van der Waals surface area contributed by atoms with Crippen LogP contribution in [-0.4, -0.2) is 25.5 Å². The highest BCUT2D eigenvalue weighted by Gasteiger charge is 2.42. The highest BCUT2D eigenvalue weighted by molar-refractivity contribution is 6.32. The van der Waals surface area contributed by atoms with Crippen molar-refractivity contribution in [1.29, 1.82) is 0 Å². The SMILES string of the molecule is O=C(CCn1nc(C(F)(F)F)c(Cl)c1C1CC1)Nc1cccc(Cn2cc(Cl)cn2)c1. The molecule has 31 heavy (non-hydrogen) atoms. The summed E-state index contributed by atoms with van der Waals surface area (Å²) in [4.78, 5) is 12.4. The molecule has 0 radical (unpaired) electrons. The van der Waals surface area contributed by atoms with E-state index in [1.807, 2.05) is 6.07 Å².